The second kappa shape index (κ2) is 6.56. The first-order valence-electron chi connectivity index (χ1n) is 6.95. The number of carboxylic acids is 1. The number of rotatable bonds is 5. The molecule has 1 aliphatic rings. The van der Waals surface area contributed by atoms with E-state index in [4.69, 9.17) is 5.11 Å². The molecule has 0 spiro atoms. The monoisotopic (exact) mass is 279 g/mol. The Balaban J connectivity index is 1.86. The molecule has 1 amide bonds. The molecular formula is C14H21N3O3. The van der Waals surface area contributed by atoms with Crippen LogP contribution in [0.3, 0.4) is 0 Å². The Labute approximate surface area is 118 Å². The fourth-order valence-corrected chi connectivity index (χ4v) is 2.70. The zero-order chi connectivity index (χ0) is 14.5. The van der Waals surface area contributed by atoms with Crippen molar-refractivity contribution in [3.63, 3.8) is 0 Å². The zero-order valence-corrected chi connectivity index (χ0v) is 11.7. The van der Waals surface area contributed by atoms with Gasteiger partial charge in [-0.05, 0) is 25.0 Å². The number of carboxylic acid groups (broad SMARTS) is 1. The Morgan fingerprint density at radius 1 is 1.40 bits per heavy atom. The molecule has 0 radical (unpaired) electrons. The van der Waals surface area contributed by atoms with Gasteiger partial charge in [0.1, 0.15) is 5.69 Å². The van der Waals surface area contributed by atoms with E-state index in [2.05, 4.69) is 10.2 Å². The Morgan fingerprint density at radius 3 is 2.70 bits per heavy atom. The van der Waals surface area contributed by atoms with Crippen molar-refractivity contribution in [2.24, 2.45) is 0 Å². The molecule has 0 saturated carbocycles. The predicted molar refractivity (Wildman–Crippen MR) is 74.8 cm³/mol. The van der Waals surface area contributed by atoms with Gasteiger partial charge >= 0.3 is 5.97 Å². The van der Waals surface area contributed by atoms with Gasteiger partial charge in [-0.1, -0.05) is 0 Å². The molecule has 110 valence electrons. The molecule has 0 aromatic carbocycles. The summed E-state index contributed by atoms with van der Waals surface area (Å²) in [6.07, 6.45) is 4.20. The molecule has 0 bridgehead atoms. The molecule has 0 atom stereocenters. The second-order valence-electron chi connectivity index (χ2n) is 5.10. The van der Waals surface area contributed by atoms with Gasteiger partial charge in [0.05, 0.1) is 0 Å². The first kappa shape index (κ1) is 14.6. The van der Waals surface area contributed by atoms with Gasteiger partial charge in [0, 0.05) is 45.3 Å². The van der Waals surface area contributed by atoms with Crippen LogP contribution in [0.5, 0.6) is 0 Å². The lowest BCUT2D eigenvalue weighted by atomic mass is 10.0. The molecule has 6 heteroatoms. The van der Waals surface area contributed by atoms with Gasteiger partial charge in [0.15, 0.2) is 0 Å². The summed E-state index contributed by atoms with van der Waals surface area (Å²) in [6.45, 7) is 2.57. The van der Waals surface area contributed by atoms with E-state index in [0.29, 0.717) is 12.1 Å². The number of aromatic nitrogens is 1. The number of amides is 1. The molecule has 1 saturated heterocycles. The lowest BCUT2D eigenvalue weighted by molar-refractivity contribution is -0.121. The lowest BCUT2D eigenvalue weighted by Gasteiger charge is -2.33. The van der Waals surface area contributed by atoms with E-state index >= 15 is 0 Å². The summed E-state index contributed by atoms with van der Waals surface area (Å²) in [4.78, 5) is 24.6. The predicted octanol–water partition coefficient (Wildman–Crippen LogP) is 0.959. The Hall–Kier alpha value is -1.82. The van der Waals surface area contributed by atoms with Crippen LogP contribution >= 0.6 is 0 Å². The summed E-state index contributed by atoms with van der Waals surface area (Å²) < 4.78 is 1.86. The Bertz CT molecular complexity index is 476. The van der Waals surface area contributed by atoms with Crippen LogP contribution in [-0.2, 0) is 4.79 Å². The Morgan fingerprint density at radius 2 is 2.10 bits per heavy atom. The third kappa shape index (κ3) is 3.39. The molecule has 6 nitrogen and oxygen atoms in total. The second-order valence-corrected chi connectivity index (χ2v) is 5.10. The third-order valence-corrected chi connectivity index (χ3v) is 3.88. The van der Waals surface area contributed by atoms with Gasteiger partial charge in [-0.3, -0.25) is 4.79 Å². The minimum atomic E-state index is -0.878. The Kier molecular flexibility index (Phi) is 4.79. The van der Waals surface area contributed by atoms with E-state index in [1.54, 1.807) is 19.2 Å². The number of aromatic carboxylic acids is 1. The molecule has 0 aliphatic carbocycles. The van der Waals surface area contributed by atoms with Crippen molar-refractivity contribution in [1.82, 2.24) is 14.8 Å². The van der Waals surface area contributed by atoms with E-state index < -0.39 is 5.97 Å². The van der Waals surface area contributed by atoms with Gasteiger partial charge in [-0.2, -0.15) is 0 Å². The van der Waals surface area contributed by atoms with E-state index in [1.807, 2.05) is 10.8 Å². The number of nitrogens with one attached hydrogen (secondary N) is 1. The van der Waals surface area contributed by atoms with E-state index in [9.17, 15) is 9.59 Å². The summed E-state index contributed by atoms with van der Waals surface area (Å²) in [6, 6.07) is 3.66. The standard InChI is InChI=1S/C14H21N3O3/c1-15-13(18)6-10-16-8-4-11(5-9-16)17-7-2-3-12(17)14(19)20/h2-3,7,11H,4-6,8-10H2,1H3,(H,15,18)(H,19,20). The normalized spacial score (nSPS) is 17.1. The molecule has 2 heterocycles. The fraction of sp³-hybridized carbons (Fsp3) is 0.571. The molecule has 1 aliphatic heterocycles. The van der Waals surface area contributed by atoms with Crippen molar-refractivity contribution < 1.29 is 14.7 Å². The highest BCUT2D eigenvalue weighted by Gasteiger charge is 2.23. The molecule has 1 fully saturated rings. The van der Waals surface area contributed by atoms with Crippen molar-refractivity contribution in [3.05, 3.63) is 24.0 Å². The maximum atomic E-state index is 11.2. The highest BCUT2D eigenvalue weighted by molar-refractivity contribution is 5.85. The minimum absolute atomic E-state index is 0.0608. The minimum Gasteiger partial charge on any atom is -0.477 e. The average Bonchev–Trinajstić information content (AvgIpc) is 2.95. The number of hydrogen-bond acceptors (Lipinski definition) is 3. The largest absolute Gasteiger partial charge is 0.477 e. The number of likely N-dealkylation sites (tertiary alicyclic amines) is 1. The van der Waals surface area contributed by atoms with E-state index in [1.165, 1.54) is 0 Å². The zero-order valence-electron chi connectivity index (χ0n) is 11.7. The van der Waals surface area contributed by atoms with Gasteiger partial charge in [0.25, 0.3) is 0 Å². The molecule has 20 heavy (non-hydrogen) atoms. The van der Waals surface area contributed by atoms with Crippen LogP contribution < -0.4 is 5.32 Å². The topological polar surface area (TPSA) is 74.6 Å². The number of carbonyl (C=O) groups excluding carboxylic acids is 1. The first-order valence-corrected chi connectivity index (χ1v) is 6.95. The summed E-state index contributed by atoms with van der Waals surface area (Å²) in [5.74, 6) is -0.817. The summed E-state index contributed by atoms with van der Waals surface area (Å²) >= 11 is 0. The van der Waals surface area contributed by atoms with Crippen LogP contribution in [0.2, 0.25) is 0 Å². The number of nitrogens with zero attached hydrogens (tertiary/aromatic N) is 2. The van der Waals surface area contributed by atoms with Crippen LogP contribution in [-0.4, -0.2) is 53.1 Å². The first-order chi connectivity index (χ1) is 9.61. The van der Waals surface area contributed by atoms with Crippen LogP contribution in [0.1, 0.15) is 35.8 Å². The molecule has 2 N–H and O–H groups in total. The van der Waals surface area contributed by atoms with Crippen molar-refractivity contribution in [2.45, 2.75) is 25.3 Å². The van der Waals surface area contributed by atoms with Crippen LogP contribution in [0, 0.1) is 0 Å². The molecule has 0 unspecified atom stereocenters. The van der Waals surface area contributed by atoms with Crippen LogP contribution in [0.15, 0.2) is 18.3 Å². The van der Waals surface area contributed by atoms with Crippen molar-refractivity contribution in [2.75, 3.05) is 26.7 Å². The molecule has 1 aromatic rings. The number of hydrogen-bond donors (Lipinski definition) is 2. The lowest BCUT2D eigenvalue weighted by Crippen LogP contribution is -2.37. The van der Waals surface area contributed by atoms with E-state index in [-0.39, 0.29) is 11.9 Å². The molecule has 2 rings (SSSR count). The third-order valence-electron chi connectivity index (χ3n) is 3.88. The maximum Gasteiger partial charge on any atom is 0.352 e. The quantitative estimate of drug-likeness (QED) is 0.842. The summed E-state index contributed by atoms with van der Waals surface area (Å²) in [5.41, 5.74) is 0.355. The van der Waals surface area contributed by atoms with Crippen molar-refractivity contribution >= 4 is 11.9 Å². The van der Waals surface area contributed by atoms with Crippen molar-refractivity contribution in [3.8, 4) is 0 Å². The van der Waals surface area contributed by atoms with Crippen LogP contribution in [0.25, 0.3) is 0 Å². The maximum absolute atomic E-state index is 11.2. The average molecular weight is 279 g/mol. The number of carbonyl (C=O) groups is 2. The highest BCUT2D eigenvalue weighted by Crippen LogP contribution is 2.24. The fourth-order valence-electron chi connectivity index (χ4n) is 2.70. The highest BCUT2D eigenvalue weighted by atomic mass is 16.4. The summed E-state index contributed by atoms with van der Waals surface area (Å²) in [7, 11) is 1.65. The SMILES string of the molecule is CNC(=O)CCN1CCC(n2cccc2C(=O)O)CC1. The molecule has 1 aromatic heterocycles. The van der Waals surface area contributed by atoms with Crippen molar-refractivity contribution in [1.29, 1.82) is 0 Å². The van der Waals surface area contributed by atoms with Gasteiger partial charge in [0.2, 0.25) is 5.91 Å². The van der Waals surface area contributed by atoms with Gasteiger partial charge < -0.3 is 19.9 Å². The van der Waals surface area contributed by atoms with Crippen LogP contribution in [0.4, 0.5) is 0 Å². The van der Waals surface area contributed by atoms with E-state index in [0.717, 1.165) is 32.5 Å². The smallest absolute Gasteiger partial charge is 0.352 e. The number of piperidine rings is 1. The summed E-state index contributed by atoms with van der Waals surface area (Å²) in [5, 5.41) is 11.8. The van der Waals surface area contributed by atoms with Gasteiger partial charge in [-0.25, -0.2) is 4.79 Å². The van der Waals surface area contributed by atoms with Gasteiger partial charge in [-0.15, -0.1) is 0 Å². The molecular weight excluding hydrogens is 258 g/mol.